The number of rotatable bonds is 12. The average molecular weight is 1550 g/mol. The van der Waals surface area contributed by atoms with Crippen LogP contribution in [0.25, 0.3) is 0 Å². The van der Waals surface area contributed by atoms with E-state index in [9.17, 15) is 0 Å². The molecular weight excluding hydrogens is 1490 g/mol. The molecule has 16 heteroatoms. The van der Waals surface area contributed by atoms with Crippen molar-refractivity contribution in [1.82, 2.24) is 12.5 Å². The largest absolute Gasteiger partial charge is 0.666 e. The van der Waals surface area contributed by atoms with Crippen LogP contribution in [-0.2, 0) is 73.5 Å². The molecule has 0 amide bonds. The topological polar surface area (TPSA) is 42.3 Å². The molecule has 0 bridgehead atoms. The Kier molecular flexibility index (Phi) is 24.7. The third-order valence-electron chi connectivity index (χ3n) is 14.0. The minimum Gasteiger partial charge on any atom is -0.666 e. The smallest absolute Gasteiger partial charge is 0.151 e. The van der Waals surface area contributed by atoms with E-state index >= 15 is 0 Å². The Bertz CT molecular complexity index is 3550. The minimum absolute atomic E-state index is 0. The van der Waals surface area contributed by atoms with E-state index in [0.717, 1.165) is 63.7 Å². The van der Waals surface area contributed by atoms with E-state index in [4.69, 9.17) is 86.0 Å². The van der Waals surface area contributed by atoms with Crippen molar-refractivity contribution in [3.05, 3.63) is 364 Å². The van der Waals surface area contributed by atoms with E-state index in [1.54, 1.807) is 0 Å². The summed E-state index contributed by atoms with van der Waals surface area (Å²) in [6, 6.07) is 123. The molecule has 0 N–H and O–H groups in total. The molecule has 437 valence electrons. The maximum absolute atomic E-state index is 6.39. The van der Waals surface area contributed by atoms with Gasteiger partial charge >= 0.3 is 0 Å². The van der Waals surface area contributed by atoms with Gasteiger partial charge in [-0.1, -0.05) is 218 Å². The predicted molar refractivity (Wildman–Crippen MR) is 411 cm³/mol. The Morgan fingerprint density at radius 3 is 0.273 bits per heavy atom. The Labute approximate surface area is 571 Å². The summed E-state index contributed by atoms with van der Waals surface area (Å²) < 4.78 is 16.4. The summed E-state index contributed by atoms with van der Waals surface area (Å²) in [5.41, 5.74) is 0. The van der Waals surface area contributed by atoms with Gasteiger partial charge in [0.25, 0.3) is 0 Å². The van der Waals surface area contributed by atoms with E-state index in [2.05, 4.69) is 146 Å². The maximum Gasteiger partial charge on any atom is 0.151 e. The zero-order chi connectivity index (χ0) is 60.5. The van der Waals surface area contributed by atoms with Crippen LogP contribution in [0.4, 0.5) is 0 Å². The molecule has 0 heterocycles. The molecule has 0 atom stereocenters. The number of hydrogen-bond acceptors (Lipinski definition) is 6. The minimum atomic E-state index is -2.47. The molecule has 0 fully saturated rings. The van der Waals surface area contributed by atoms with Gasteiger partial charge in [-0.15, -0.1) is 0 Å². The van der Waals surface area contributed by atoms with Crippen molar-refractivity contribution >= 4 is 201 Å². The molecule has 3 radical (unpaired) electrons. The van der Waals surface area contributed by atoms with Gasteiger partial charge < -0.3 is 73.5 Å². The maximum atomic E-state index is 6.39. The van der Waals surface area contributed by atoms with E-state index in [1.807, 2.05) is 218 Å². The van der Waals surface area contributed by atoms with Crippen molar-refractivity contribution in [2.24, 2.45) is 0 Å². The average Bonchev–Trinajstić information content (AvgIpc) is 3.22. The number of nitrogens with zero attached hydrogens (tertiary/aromatic N) is 3. The van der Waals surface area contributed by atoms with Crippen LogP contribution < -0.4 is 76.2 Å². The van der Waals surface area contributed by atoms with Gasteiger partial charge in [0.05, 0.1) is 0 Å². The Morgan fingerprint density at radius 2 is 0.205 bits per heavy atom. The SMILES string of the molecule is [Bi].[S-]P(=[N+]=P([S-])(c1ccccc1)c1ccccc1)(c1ccccc1)c1ccccc1.[S-]P(=[N+]=P([S-])(c1ccccc1)c1ccccc1)(c1ccccc1)c1ccccc1.[S-]P(=[N+]=P([S-])(c1ccccc1)c1ccccc1)(c1ccccc1)c1ccccc1. The van der Waals surface area contributed by atoms with Crippen molar-refractivity contribution in [2.45, 2.75) is 0 Å². The first-order valence-corrected chi connectivity index (χ1v) is 44.4. The molecule has 88 heavy (non-hydrogen) atoms. The summed E-state index contributed by atoms with van der Waals surface area (Å²) >= 11 is 38.3. The summed E-state index contributed by atoms with van der Waals surface area (Å²) in [4.78, 5) is 0. The van der Waals surface area contributed by atoms with Crippen LogP contribution in [0, 0.1) is 0 Å². The van der Waals surface area contributed by atoms with Crippen molar-refractivity contribution in [1.29, 1.82) is 0 Å². The monoisotopic (exact) mass is 1550 g/mol. The molecule has 0 saturated carbocycles. The van der Waals surface area contributed by atoms with Gasteiger partial charge in [-0.05, 0) is 146 Å². The molecule has 12 aromatic rings. The molecule has 0 aliphatic carbocycles. The number of hydrogen-bond donors (Lipinski definition) is 0. The van der Waals surface area contributed by atoms with Crippen LogP contribution in [0.3, 0.4) is 0 Å². The Hall–Kier alpha value is -4.67. The van der Waals surface area contributed by atoms with Crippen molar-refractivity contribution in [2.75, 3.05) is 0 Å². The fraction of sp³-hybridized carbons (Fsp3) is 0. The second-order valence-corrected chi connectivity index (χ2v) is 44.5. The third-order valence-corrected chi connectivity index (χ3v) is 43.6. The summed E-state index contributed by atoms with van der Waals surface area (Å²) in [5.74, 6) is 0. The van der Waals surface area contributed by atoms with Gasteiger partial charge in [0, 0.05) is 89.9 Å². The number of benzene rings is 12. The summed E-state index contributed by atoms with van der Waals surface area (Å²) in [7, 11) is 0. The molecule has 0 spiro atoms. The normalized spacial score (nSPS) is 11.5. The van der Waals surface area contributed by atoms with Gasteiger partial charge in [-0.2, -0.15) is 0 Å². The van der Waals surface area contributed by atoms with E-state index in [-0.39, 0.29) is 26.2 Å². The molecule has 0 unspecified atom stereocenters. The zero-order valence-corrected chi connectivity index (χ0v) is 61.3. The zero-order valence-electron chi connectivity index (χ0n) is 47.6. The molecular formula is C72H60BiN3P6S6-3. The predicted octanol–water partition coefficient (Wildman–Crippen LogP) is 13.7. The van der Waals surface area contributed by atoms with Gasteiger partial charge in [0.15, 0.2) is 37.5 Å². The van der Waals surface area contributed by atoms with Gasteiger partial charge in [0.2, 0.25) is 0 Å². The van der Waals surface area contributed by atoms with E-state index in [1.165, 1.54) is 0 Å². The first kappa shape index (κ1) is 67.7. The summed E-state index contributed by atoms with van der Waals surface area (Å²) in [6.45, 7) is 0. The van der Waals surface area contributed by atoms with Crippen LogP contribution in [0.2, 0.25) is 0 Å². The molecule has 0 aliphatic rings. The van der Waals surface area contributed by atoms with E-state index in [0.29, 0.717) is 0 Å². The fourth-order valence-electron chi connectivity index (χ4n) is 9.61. The van der Waals surface area contributed by atoms with Crippen molar-refractivity contribution in [3.63, 3.8) is 0 Å². The molecule has 0 saturated heterocycles. The first-order valence-electron chi connectivity index (χ1n) is 27.9. The van der Waals surface area contributed by atoms with Gasteiger partial charge in [-0.25, -0.2) is 12.5 Å². The van der Waals surface area contributed by atoms with Crippen molar-refractivity contribution in [3.8, 4) is 0 Å². The van der Waals surface area contributed by atoms with Gasteiger partial charge in [-0.3, -0.25) is 0 Å². The van der Waals surface area contributed by atoms with Crippen LogP contribution in [0.5, 0.6) is 0 Å². The standard InChI is InChI=1S/3C24H20NP2S2.Bi/c3*28-26(21-13-5-1-6-14-21,22-15-7-2-8-16-22)25-27(29,23-17-9-3-10-18-23)24-19-11-4-12-20-24;/h3*1-20H;/q3*-1;. The van der Waals surface area contributed by atoms with Crippen molar-refractivity contribution < 1.29 is 0 Å². The second kappa shape index (κ2) is 32.1. The first-order chi connectivity index (χ1) is 42.4. The molecule has 0 aliphatic heterocycles. The summed E-state index contributed by atoms with van der Waals surface area (Å²) in [5, 5.41) is 12.9. The summed E-state index contributed by atoms with van der Waals surface area (Å²) in [6.07, 6.45) is -14.8. The van der Waals surface area contributed by atoms with Crippen LogP contribution in [-0.4, -0.2) is 26.2 Å². The molecule has 3 nitrogen and oxygen atoms in total. The Balaban J connectivity index is 0.000000156. The van der Waals surface area contributed by atoms with Crippen LogP contribution in [0.1, 0.15) is 0 Å². The van der Waals surface area contributed by atoms with Crippen LogP contribution >= 0.6 is 37.5 Å². The van der Waals surface area contributed by atoms with Crippen LogP contribution in [0.15, 0.2) is 364 Å². The quantitative estimate of drug-likeness (QED) is 0.0526. The second-order valence-electron chi connectivity index (χ2n) is 19.8. The Morgan fingerprint density at radius 1 is 0.136 bits per heavy atom. The fourth-order valence-corrected chi connectivity index (χ4v) is 39.1. The third kappa shape index (κ3) is 16.0. The van der Waals surface area contributed by atoms with E-state index < -0.39 is 37.5 Å². The molecule has 0 aromatic heterocycles. The van der Waals surface area contributed by atoms with Gasteiger partial charge in [0.1, 0.15) is 0 Å². The molecule has 12 aromatic carbocycles. The molecule has 12 rings (SSSR count).